The van der Waals surface area contributed by atoms with E-state index in [2.05, 4.69) is 5.32 Å². The van der Waals surface area contributed by atoms with Crippen LogP contribution in [-0.2, 0) is 4.79 Å². The van der Waals surface area contributed by atoms with Crippen LogP contribution in [0.2, 0.25) is 5.02 Å². The number of anilines is 1. The number of aliphatic carboxylic acids is 1. The van der Waals surface area contributed by atoms with Gasteiger partial charge in [-0.05, 0) is 31.0 Å². The Hall–Kier alpha value is -1.73. The molecule has 0 bridgehead atoms. The zero-order valence-electron chi connectivity index (χ0n) is 11.1. The van der Waals surface area contributed by atoms with Gasteiger partial charge in [0.15, 0.2) is 0 Å². The molecule has 2 unspecified atom stereocenters. The maximum Gasteiger partial charge on any atom is 0.308 e. The number of nitriles is 1. The molecule has 1 fully saturated rings. The molecule has 0 spiro atoms. The van der Waals surface area contributed by atoms with Crippen molar-refractivity contribution in [2.75, 3.05) is 5.32 Å². The van der Waals surface area contributed by atoms with Crippen molar-refractivity contribution in [3.05, 3.63) is 28.8 Å². The van der Waals surface area contributed by atoms with Gasteiger partial charge in [0, 0.05) is 6.04 Å². The summed E-state index contributed by atoms with van der Waals surface area (Å²) < 4.78 is 0. The van der Waals surface area contributed by atoms with Crippen LogP contribution in [0.4, 0.5) is 5.69 Å². The van der Waals surface area contributed by atoms with Crippen LogP contribution < -0.4 is 5.32 Å². The van der Waals surface area contributed by atoms with Crippen molar-refractivity contribution in [1.29, 1.82) is 5.26 Å². The number of carbonyl (C=O) groups is 1. The molecular formula is C15H17ClN2O2. The van der Waals surface area contributed by atoms with Gasteiger partial charge in [0.25, 0.3) is 0 Å². The smallest absolute Gasteiger partial charge is 0.308 e. The molecule has 0 heterocycles. The van der Waals surface area contributed by atoms with Crippen LogP contribution in [0.15, 0.2) is 18.2 Å². The van der Waals surface area contributed by atoms with Gasteiger partial charge in [-0.1, -0.05) is 30.9 Å². The first-order valence-electron chi connectivity index (χ1n) is 6.81. The third kappa shape index (κ3) is 3.43. The van der Waals surface area contributed by atoms with Crippen molar-refractivity contribution in [1.82, 2.24) is 0 Å². The summed E-state index contributed by atoms with van der Waals surface area (Å²) in [5, 5.41) is 21.9. The molecule has 2 atom stereocenters. The first-order chi connectivity index (χ1) is 9.61. The Morgan fingerprint density at radius 3 is 2.75 bits per heavy atom. The minimum atomic E-state index is -0.755. The zero-order valence-corrected chi connectivity index (χ0v) is 11.9. The van der Waals surface area contributed by atoms with Gasteiger partial charge in [0.05, 0.1) is 28.3 Å². The van der Waals surface area contributed by atoms with Gasteiger partial charge in [-0.25, -0.2) is 0 Å². The molecule has 0 amide bonds. The number of rotatable bonds is 3. The number of carboxylic acid groups (broad SMARTS) is 1. The second kappa shape index (κ2) is 6.62. The molecule has 1 aromatic carbocycles. The molecule has 0 radical (unpaired) electrons. The molecule has 1 aliphatic carbocycles. The molecule has 20 heavy (non-hydrogen) atoms. The Labute approximate surface area is 123 Å². The van der Waals surface area contributed by atoms with Crippen molar-refractivity contribution in [2.24, 2.45) is 5.92 Å². The van der Waals surface area contributed by atoms with Crippen LogP contribution in [0.25, 0.3) is 0 Å². The molecular weight excluding hydrogens is 276 g/mol. The highest BCUT2D eigenvalue weighted by Crippen LogP contribution is 2.30. The Morgan fingerprint density at radius 2 is 2.10 bits per heavy atom. The highest BCUT2D eigenvalue weighted by atomic mass is 35.5. The van der Waals surface area contributed by atoms with Crippen molar-refractivity contribution >= 4 is 23.3 Å². The molecule has 2 N–H and O–H groups in total. The van der Waals surface area contributed by atoms with Gasteiger partial charge in [-0.2, -0.15) is 5.26 Å². The average Bonchev–Trinajstić information content (AvgIpc) is 2.66. The summed E-state index contributed by atoms with van der Waals surface area (Å²) in [5.41, 5.74) is 1.19. The molecule has 2 rings (SSSR count). The van der Waals surface area contributed by atoms with E-state index in [9.17, 15) is 9.90 Å². The Morgan fingerprint density at radius 1 is 1.35 bits per heavy atom. The van der Waals surface area contributed by atoms with Gasteiger partial charge in [0.2, 0.25) is 0 Å². The Kier molecular flexibility index (Phi) is 4.86. The van der Waals surface area contributed by atoms with Crippen LogP contribution in [0, 0.1) is 17.2 Å². The third-order valence-corrected chi connectivity index (χ3v) is 4.08. The van der Waals surface area contributed by atoms with E-state index in [4.69, 9.17) is 16.9 Å². The van der Waals surface area contributed by atoms with E-state index in [1.807, 2.05) is 6.07 Å². The predicted octanol–water partition coefficient (Wildman–Crippen LogP) is 3.66. The summed E-state index contributed by atoms with van der Waals surface area (Å²) in [6, 6.07) is 6.93. The number of benzene rings is 1. The van der Waals surface area contributed by atoms with Crippen molar-refractivity contribution in [3.8, 4) is 6.07 Å². The lowest BCUT2D eigenvalue weighted by Gasteiger charge is -2.24. The fourth-order valence-corrected chi connectivity index (χ4v) is 2.91. The fourth-order valence-electron chi connectivity index (χ4n) is 2.68. The van der Waals surface area contributed by atoms with Crippen LogP contribution in [0.1, 0.15) is 37.7 Å². The van der Waals surface area contributed by atoms with Gasteiger partial charge in [0.1, 0.15) is 0 Å². The van der Waals surface area contributed by atoms with Crippen LogP contribution in [0.5, 0.6) is 0 Å². The standard InChI is InChI=1S/C15H17ClN2O2/c16-12-8-10(9-17)6-7-14(12)18-13-5-3-1-2-4-11(13)15(19)20/h6-8,11,13,18H,1-5H2,(H,19,20). The van der Waals surface area contributed by atoms with E-state index in [-0.39, 0.29) is 12.0 Å². The van der Waals surface area contributed by atoms with Crippen LogP contribution in [0.3, 0.4) is 0 Å². The highest BCUT2D eigenvalue weighted by Gasteiger charge is 2.29. The largest absolute Gasteiger partial charge is 0.481 e. The highest BCUT2D eigenvalue weighted by molar-refractivity contribution is 6.33. The lowest BCUT2D eigenvalue weighted by atomic mass is 9.94. The summed E-state index contributed by atoms with van der Waals surface area (Å²) in [6.45, 7) is 0. The van der Waals surface area contributed by atoms with Gasteiger partial charge >= 0.3 is 5.97 Å². The average molecular weight is 293 g/mol. The van der Waals surface area contributed by atoms with E-state index in [1.165, 1.54) is 0 Å². The minimum Gasteiger partial charge on any atom is -0.481 e. The molecule has 4 nitrogen and oxygen atoms in total. The third-order valence-electron chi connectivity index (χ3n) is 3.77. The van der Waals surface area contributed by atoms with E-state index < -0.39 is 5.97 Å². The van der Waals surface area contributed by atoms with E-state index >= 15 is 0 Å². The van der Waals surface area contributed by atoms with Gasteiger partial charge in [-0.15, -0.1) is 0 Å². The summed E-state index contributed by atoms with van der Waals surface area (Å²) in [5.74, 6) is -1.14. The van der Waals surface area contributed by atoms with Gasteiger partial charge < -0.3 is 10.4 Å². The second-order valence-corrected chi connectivity index (χ2v) is 5.55. The topological polar surface area (TPSA) is 73.1 Å². The van der Waals surface area contributed by atoms with E-state index in [0.717, 1.165) is 25.7 Å². The molecule has 0 aliphatic heterocycles. The number of hydrogen-bond acceptors (Lipinski definition) is 3. The molecule has 0 aromatic heterocycles. The fraction of sp³-hybridized carbons (Fsp3) is 0.467. The quantitative estimate of drug-likeness (QED) is 0.834. The summed E-state index contributed by atoms with van der Waals surface area (Å²) in [6.07, 6.45) is 4.57. The maximum atomic E-state index is 11.4. The summed E-state index contributed by atoms with van der Waals surface area (Å²) >= 11 is 6.13. The van der Waals surface area contributed by atoms with E-state index in [0.29, 0.717) is 22.7 Å². The van der Waals surface area contributed by atoms with Gasteiger partial charge in [-0.3, -0.25) is 4.79 Å². The molecule has 1 saturated carbocycles. The molecule has 106 valence electrons. The molecule has 1 aromatic rings. The second-order valence-electron chi connectivity index (χ2n) is 5.14. The maximum absolute atomic E-state index is 11.4. The van der Waals surface area contributed by atoms with Crippen LogP contribution in [-0.4, -0.2) is 17.1 Å². The Bertz CT molecular complexity index is 539. The number of nitrogens with zero attached hydrogens (tertiary/aromatic N) is 1. The minimum absolute atomic E-state index is 0.111. The van der Waals surface area contributed by atoms with Crippen molar-refractivity contribution in [3.63, 3.8) is 0 Å². The molecule has 5 heteroatoms. The van der Waals surface area contributed by atoms with E-state index in [1.54, 1.807) is 18.2 Å². The summed E-state index contributed by atoms with van der Waals surface area (Å²) in [4.78, 5) is 11.4. The number of nitrogens with one attached hydrogen (secondary N) is 1. The predicted molar refractivity (Wildman–Crippen MR) is 77.8 cm³/mol. The van der Waals surface area contributed by atoms with Crippen LogP contribution >= 0.6 is 11.6 Å². The normalized spacial score (nSPS) is 22.6. The van der Waals surface area contributed by atoms with Crippen molar-refractivity contribution in [2.45, 2.75) is 38.1 Å². The molecule has 0 saturated heterocycles. The monoisotopic (exact) mass is 292 g/mol. The number of halogens is 1. The first kappa shape index (κ1) is 14.7. The lowest BCUT2D eigenvalue weighted by molar-refractivity contribution is -0.142. The zero-order chi connectivity index (χ0) is 14.5. The number of hydrogen-bond donors (Lipinski definition) is 2. The SMILES string of the molecule is N#Cc1ccc(NC2CCCCCC2C(=O)O)c(Cl)c1. The first-order valence-corrected chi connectivity index (χ1v) is 7.18. The van der Waals surface area contributed by atoms with Crippen molar-refractivity contribution < 1.29 is 9.90 Å². The Balaban J connectivity index is 2.18. The number of carboxylic acids is 1. The molecule has 1 aliphatic rings. The summed E-state index contributed by atoms with van der Waals surface area (Å²) in [7, 11) is 0. The lowest BCUT2D eigenvalue weighted by Crippen LogP contribution is -2.33.